The van der Waals surface area contributed by atoms with Crippen molar-refractivity contribution in [3.8, 4) is 5.69 Å². The molecule has 6 heteroatoms. The summed E-state index contributed by atoms with van der Waals surface area (Å²) in [7, 11) is 0. The number of carboxylic acid groups (broad SMARTS) is 1. The molecule has 0 unspecified atom stereocenters. The van der Waals surface area contributed by atoms with Crippen molar-refractivity contribution in [3.05, 3.63) is 95.4 Å². The van der Waals surface area contributed by atoms with Gasteiger partial charge in [0.25, 0.3) is 0 Å². The number of piperidine rings is 1. The molecule has 2 heterocycles. The van der Waals surface area contributed by atoms with E-state index in [0.717, 1.165) is 67.2 Å². The number of thioether (sulfide) groups is 1. The number of carbonyl (C=O) groups is 1. The molecule has 0 spiro atoms. The molecule has 0 bridgehead atoms. The SMILES string of the molecule is CCc1c(C2CCN(CCCSc3ccc(F)cc3)CC2)c2ccc(C(=O)O)cc2n1-c1ccccc1. The van der Waals surface area contributed by atoms with Gasteiger partial charge in [0.2, 0.25) is 0 Å². The van der Waals surface area contributed by atoms with E-state index in [4.69, 9.17) is 0 Å². The molecule has 0 aliphatic carbocycles. The molecule has 5 rings (SSSR count). The van der Waals surface area contributed by atoms with E-state index in [0.29, 0.717) is 11.5 Å². The van der Waals surface area contributed by atoms with Crippen molar-refractivity contribution in [2.45, 2.75) is 43.4 Å². The van der Waals surface area contributed by atoms with E-state index in [2.05, 4.69) is 28.5 Å². The molecule has 1 aliphatic heterocycles. The Hall–Kier alpha value is -3.09. The van der Waals surface area contributed by atoms with Crippen LogP contribution in [0.1, 0.15) is 53.7 Å². The van der Waals surface area contributed by atoms with Gasteiger partial charge in [0.1, 0.15) is 5.82 Å². The summed E-state index contributed by atoms with van der Waals surface area (Å²) in [4.78, 5) is 15.4. The minimum absolute atomic E-state index is 0.187. The Morgan fingerprint density at radius 1 is 1.03 bits per heavy atom. The highest BCUT2D eigenvalue weighted by Gasteiger charge is 2.28. The summed E-state index contributed by atoms with van der Waals surface area (Å²) in [6, 6.07) is 22.6. The molecule has 0 saturated carbocycles. The number of fused-ring (bicyclic) bond motifs is 1. The summed E-state index contributed by atoms with van der Waals surface area (Å²) in [5, 5.41) is 10.8. The maximum Gasteiger partial charge on any atom is 0.335 e. The zero-order valence-corrected chi connectivity index (χ0v) is 22.0. The van der Waals surface area contributed by atoms with Gasteiger partial charge >= 0.3 is 5.97 Å². The van der Waals surface area contributed by atoms with Crippen LogP contribution < -0.4 is 0 Å². The predicted molar refractivity (Wildman–Crippen MR) is 150 cm³/mol. The second-order valence-corrected chi connectivity index (χ2v) is 10.9. The van der Waals surface area contributed by atoms with Gasteiger partial charge in [-0.3, -0.25) is 0 Å². The van der Waals surface area contributed by atoms with Crippen LogP contribution in [0.5, 0.6) is 0 Å². The number of aromatic carboxylic acids is 1. The molecule has 0 atom stereocenters. The zero-order valence-electron chi connectivity index (χ0n) is 21.2. The van der Waals surface area contributed by atoms with E-state index in [-0.39, 0.29) is 5.82 Å². The van der Waals surface area contributed by atoms with Crippen LogP contribution in [0, 0.1) is 5.82 Å². The maximum atomic E-state index is 13.1. The van der Waals surface area contributed by atoms with Gasteiger partial charge in [0.05, 0.1) is 11.1 Å². The molecule has 1 fully saturated rings. The van der Waals surface area contributed by atoms with E-state index < -0.39 is 5.97 Å². The van der Waals surface area contributed by atoms with E-state index in [1.54, 1.807) is 17.8 Å². The lowest BCUT2D eigenvalue weighted by Gasteiger charge is -2.32. The normalized spacial score (nSPS) is 14.9. The first kappa shape index (κ1) is 25.6. The lowest BCUT2D eigenvalue weighted by atomic mass is 9.86. The number of hydrogen-bond donors (Lipinski definition) is 1. The summed E-state index contributed by atoms with van der Waals surface area (Å²) >= 11 is 1.79. The van der Waals surface area contributed by atoms with Gasteiger partial charge in [-0.2, -0.15) is 0 Å². The third kappa shape index (κ3) is 5.60. The predicted octanol–water partition coefficient (Wildman–Crippen LogP) is 7.39. The zero-order chi connectivity index (χ0) is 25.8. The van der Waals surface area contributed by atoms with Gasteiger partial charge < -0.3 is 14.6 Å². The largest absolute Gasteiger partial charge is 0.478 e. The van der Waals surface area contributed by atoms with Crippen molar-refractivity contribution in [1.29, 1.82) is 0 Å². The Balaban J connectivity index is 1.32. The average Bonchev–Trinajstić information content (AvgIpc) is 3.26. The Bertz CT molecular complexity index is 1360. The molecule has 1 saturated heterocycles. The number of likely N-dealkylation sites (tertiary alicyclic amines) is 1. The summed E-state index contributed by atoms with van der Waals surface area (Å²) in [6.07, 6.45) is 4.21. The van der Waals surface area contributed by atoms with Crippen molar-refractivity contribution in [2.24, 2.45) is 0 Å². The van der Waals surface area contributed by atoms with Crippen molar-refractivity contribution in [3.63, 3.8) is 0 Å². The molecule has 4 nitrogen and oxygen atoms in total. The highest BCUT2D eigenvalue weighted by Crippen LogP contribution is 2.40. The van der Waals surface area contributed by atoms with Crippen LogP contribution in [-0.2, 0) is 6.42 Å². The van der Waals surface area contributed by atoms with Crippen LogP contribution in [-0.4, -0.2) is 45.9 Å². The minimum atomic E-state index is -0.895. The number of benzene rings is 3. The first-order chi connectivity index (χ1) is 18.0. The molecule has 4 aromatic rings. The topological polar surface area (TPSA) is 45.5 Å². The van der Waals surface area contributed by atoms with Crippen molar-refractivity contribution < 1.29 is 14.3 Å². The van der Waals surface area contributed by atoms with Gasteiger partial charge in [-0.25, -0.2) is 9.18 Å². The van der Waals surface area contributed by atoms with E-state index in [1.807, 2.05) is 42.5 Å². The maximum absolute atomic E-state index is 13.1. The highest BCUT2D eigenvalue weighted by molar-refractivity contribution is 7.99. The molecule has 1 aromatic heterocycles. The Morgan fingerprint density at radius 2 is 1.76 bits per heavy atom. The number of rotatable bonds is 9. The van der Waals surface area contributed by atoms with Crippen LogP contribution >= 0.6 is 11.8 Å². The number of para-hydroxylation sites is 1. The van der Waals surface area contributed by atoms with Crippen LogP contribution in [0.25, 0.3) is 16.6 Å². The van der Waals surface area contributed by atoms with Gasteiger partial charge in [-0.1, -0.05) is 31.2 Å². The highest BCUT2D eigenvalue weighted by atomic mass is 32.2. The van der Waals surface area contributed by atoms with Crippen LogP contribution in [0.3, 0.4) is 0 Å². The molecule has 0 amide bonds. The Kier molecular flexibility index (Phi) is 7.96. The fraction of sp³-hybridized carbons (Fsp3) is 0.323. The number of halogens is 1. The lowest BCUT2D eigenvalue weighted by Crippen LogP contribution is -2.34. The van der Waals surface area contributed by atoms with E-state index >= 15 is 0 Å². The van der Waals surface area contributed by atoms with Gasteiger partial charge in [-0.05, 0) is 111 Å². The summed E-state index contributed by atoms with van der Waals surface area (Å²) < 4.78 is 15.4. The lowest BCUT2D eigenvalue weighted by molar-refractivity contribution is 0.0697. The summed E-state index contributed by atoms with van der Waals surface area (Å²) in [5.41, 5.74) is 5.07. The molecule has 37 heavy (non-hydrogen) atoms. The molecule has 1 aliphatic rings. The number of nitrogens with zero attached hydrogens (tertiary/aromatic N) is 2. The smallest absolute Gasteiger partial charge is 0.335 e. The molecule has 192 valence electrons. The molecule has 1 N–H and O–H groups in total. The quantitative estimate of drug-likeness (QED) is 0.186. The Morgan fingerprint density at radius 3 is 2.43 bits per heavy atom. The van der Waals surface area contributed by atoms with Crippen LogP contribution in [0.15, 0.2) is 77.7 Å². The molecular formula is C31H33FN2O2S. The van der Waals surface area contributed by atoms with Crippen molar-refractivity contribution in [1.82, 2.24) is 9.47 Å². The number of aromatic nitrogens is 1. The van der Waals surface area contributed by atoms with Gasteiger partial charge in [0.15, 0.2) is 0 Å². The second kappa shape index (κ2) is 11.5. The molecular weight excluding hydrogens is 483 g/mol. The second-order valence-electron chi connectivity index (χ2n) is 9.69. The molecule has 0 radical (unpaired) electrons. The average molecular weight is 517 g/mol. The van der Waals surface area contributed by atoms with Crippen molar-refractivity contribution >= 4 is 28.6 Å². The summed E-state index contributed by atoms with van der Waals surface area (Å²) in [5.74, 6) is 0.408. The first-order valence-corrected chi connectivity index (χ1v) is 14.1. The van der Waals surface area contributed by atoms with E-state index in [9.17, 15) is 14.3 Å². The first-order valence-electron chi connectivity index (χ1n) is 13.1. The Labute approximate surface area is 222 Å². The molecule has 3 aromatic carbocycles. The van der Waals surface area contributed by atoms with Gasteiger partial charge in [0, 0.05) is 21.7 Å². The standard InChI is InChI=1S/C31H33FN2O2S/c1-2-28-30(22-15-18-33(19-16-22)17-6-20-37-26-12-10-24(32)11-13-26)27-14-9-23(31(35)36)21-29(27)34(28)25-7-4-3-5-8-25/h3-5,7-14,21-22H,2,6,15-20H2,1H3,(H,35,36). The van der Waals surface area contributed by atoms with E-state index in [1.165, 1.54) is 28.8 Å². The van der Waals surface area contributed by atoms with Crippen LogP contribution in [0.4, 0.5) is 4.39 Å². The third-order valence-corrected chi connectivity index (χ3v) is 8.50. The fourth-order valence-electron chi connectivity index (χ4n) is 5.63. The summed E-state index contributed by atoms with van der Waals surface area (Å²) in [6.45, 7) is 5.42. The van der Waals surface area contributed by atoms with Crippen molar-refractivity contribution in [2.75, 3.05) is 25.4 Å². The monoisotopic (exact) mass is 516 g/mol. The van der Waals surface area contributed by atoms with Crippen LogP contribution in [0.2, 0.25) is 0 Å². The number of carboxylic acids is 1. The minimum Gasteiger partial charge on any atom is -0.478 e. The number of hydrogen-bond acceptors (Lipinski definition) is 3. The third-order valence-electron chi connectivity index (χ3n) is 7.40. The fourth-order valence-corrected chi connectivity index (χ4v) is 6.47. The van der Waals surface area contributed by atoms with Gasteiger partial charge in [-0.15, -0.1) is 11.8 Å².